The summed E-state index contributed by atoms with van der Waals surface area (Å²) in [6.45, 7) is 8.85. The molecule has 2 heteroatoms. The van der Waals surface area contributed by atoms with Crippen molar-refractivity contribution in [3.05, 3.63) is 0 Å². The summed E-state index contributed by atoms with van der Waals surface area (Å²) in [5.41, 5.74) is -0.0830. The molecule has 0 bridgehead atoms. The zero-order chi connectivity index (χ0) is 11.7. The molecule has 0 aromatic heterocycles. The van der Waals surface area contributed by atoms with Crippen LogP contribution in [0.4, 0.5) is 0 Å². The van der Waals surface area contributed by atoms with Crippen molar-refractivity contribution < 1.29 is 5.11 Å². The Balaban J connectivity index is 3.68. The summed E-state index contributed by atoms with van der Waals surface area (Å²) in [5, 5.41) is 12.8. The van der Waals surface area contributed by atoms with Gasteiger partial charge in [0.2, 0.25) is 0 Å². The predicted octanol–water partition coefficient (Wildman–Crippen LogP) is 3.10. The Morgan fingerprint density at radius 2 is 1.73 bits per heavy atom. The van der Waals surface area contributed by atoms with Gasteiger partial charge in [-0.3, -0.25) is 0 Å². The fourth-order valence-electron chi connectivity index (χ4n) is 2.01. The fourth-order valence-corrected chi connectivity index (χ4v) is 2.01. The van der Waals surface area contributed by atoms with E-state index in [1.54, 1.807) is 0 Å². The maximum absolute atomic E-state index is 9.37. The summed E-state index contributed by atoms with van der Waals surface area (Å²) in [6, 6.07) is 0.442. The smallest absolute Gasteiger partial charge is 0.0610 e. The lowest BCUT2D eigenvalue weighted by atomic mass is 9.94. The van der Waals surface area contributed by atoms with Gasteiger partial charge < -0.3 is 10.4 Å². The van der Waals surface area contributed by atoms with Gasteiger partial charge in [0.1, 0.15) is 0 Å². The third-order valence-corrected chi connectivity index (χ3v) is 2.82. The molecule has 1 atom stereocenters. The van der Waals surface area contributed by atoms with Crippen LogP contribution in [-0.2, 0) is 0 Å². The van der Waals surface area contributed by atoms with Crippen molar-refractivity contribution in [1.29, 1.82) is 0 Å². The first-order chi connectivity index (χ1) is 7.04. The summed E-state index contributed by atoms with van der Waals surface area (Å²) < 4.78 is 0. The van der Waals surface area contributed by atoms with Crippen LogP contribution in [0.15, 0.2) is 0 Å². The first-order valence-corrected chi connectivity index (χ1v) is 6.42. The lowest BCUT2D eigenvalue weighted by Gasteiger charge is -2.31. The quantitative estimate of drug-likeness (QED) is 0.579. The fraction of sp³-hybridized carbons (Fsp3) is 1.00. The van der Waals surface area contributed by atoms with Gasteiger partial charge in [0.05, 0.1) is 6.61 Å². The molecule has 0 saturated carbocycles. The highest BCUT2D eigenvalue weighted by Crippen LogP contribution is 2.16. The number of aliphatic hydroxyl groups excluding tert-OH is 1. The molecule has 2 N–H and O–H groups in total. The van der Waals surface area contributed by atoms with Crippen LogP contribution < -0.4 is 5.32 Å². The van der Waals surface area contributed by atoms with Crippen molar-refractivity contribution in [3.8, 4) is 0 Å². The molecule has 0 aromatic carbocycles. The van der Waals surface area contributed by atoms with Crippen LogP contribution >= 0.6 is 0 Å². The van der Waals surface area contributed by atoms with E-state index in [4.69, 9.17) is 0 Å². The van der Waals surface area contributed by atoms with Gasteiger partial charge in [-0.2, -0.15) is 0 Å². The largest absolute Gasteiger partial charge is 0.394 e. The molecule has 2 nitrogen and oxygen atoms in total. The van der Waals surface area contributed by atoms with E-state index >= 15 is 0 Å². The van der Waals surface area contributed by atoms with E-state index in [0.29, 0.717) is 6.04 Å². The minimum absolute atomic E-state index is 0.0830. The first kappa shape index (κ1) is 14.9. The second-order valence-electron chi connectivity index (χ2n) is 5.18. The second kappa shape index (κ2) is 8.12. The van der Waals surface area contributed by atoms with Gasteiger partial charge in [0.15, 0.2) is 0 Å². The molecule has 0 aliphatic heterocycles. The number of rotatable bonds is 9. The summed E-state index contributed by atoms with van der Waals surface area (Å²) in [5.74, 6) is 0. The summed E-state index contributed by atoms with van der Waals surface area (Å²) in [4.78, 5) is 0. The number of hydrogen-bond donors (Lipinski definition) is 2. The molecule has 92 valence electrons. The van der Waals surface area contributed by atoms with Crippen molar-refractivity contribution in [3.63, 3.8) is 0 Å². The standard InChI is InChI=1S/C13H29NO/c1-5-6-7-8-9-10-13(4,11-15)14-12(2)3/h12,14-15H,5-11H2,1-4H3. The van der Waals surface area contributed by atoms with Crippen molar-refractivity contribution in [2.24, 2.45) is 0 Å². The Hall–Kier alpha value is -0.0800. The monoisotopic (exact) mass is 215 g/mol. The second-order valence-corrected chi connectivity index (χ2v) is 5.18. The predicted molar refractivity (Wildman–Crippen MR) is 67.1 cm³/mol. The van der Waals surface area contributed by atoms with Gasteiger partial charge in [-0.1, -0.05) is 52.9 Å². The number of unbranched alkanes of at least 4 members (excludes halogenated alkanes) is 4. The molecular formula is C13H29NO. The maximum Gasteiger partial charge on any atom is 0.0610 e. The molecule has 0 aliphatic rings. The number of aliphatic hydroxyl groups is 1. The molecule has 0 amide bonds. The zero-order valence-electron chi connectivity index (χ0n) is 11.0. The lowest BCUT2D eigenvalue weighted by molar-refractivity contribution is 0.154. The van der Waals surface area contributed by atoms with E-state index in [1.807, 2.05) is 0 Å². The van der Waals surface area contributed by atoms with Crippen molar-refractivity contribution in [2.45, 2.75) is 77.8 Å². The highest BCUT2D eigenvalue weighted by atomic mass is 16.3. The Labute approximate surface area is 95.5 Å². The minimum Gasteiger partial charge on any atom is -0.394 e. The number of hydrogen-bond acceptors (Lipinski definition) is 2. The Kier molecular flexibility index (Phi) is 8.07. The van der Waals surface area contributed by atoms with Gasteiger partial charge >= 0.3 is 0 Å². The summed E-state index contributed by atoms with van der Waals surface area (Å²) in [6.07, 6.45) is 7.56. The molecule has 15 heavy (non-hydrogen) atoms. The lowest BCUT2D eigenvalue weighted by Crippen LogP contribution is -2.49. The Morgan fingerprint density at radius 3 is 2.20 bits per heavy atom. The summed E-state index contributed by atoms with van der Waals surface area (Å²) in [7, 11) is 0. The highest BCUT2D eigenvalue weighted by Gasteiger charge is 2.22. The van der Waals surface area contributed by atoms with Crippen molar-refractivity contribution in [2.75, 3.05) is 6.61 Å². The van der Waals surface area contributed by atoms with E-state index < -0.39 is 0 Å². The van der Waals surface area contributed by atoms with Gasteiger partial charge in [-0.05, 0) is 13.3 Å². The van der Waals surface area contributed by atoms with E-state index in [0.717, 1.165) is 6.42 Å². The van der Waals surface area contributed by atoms with Crippen LogP contribution in [0.3, 0.4) is 0 Å². The van der Waals surface area contributed by atoms with Crippen LogP contribution in [0, 0.1) is 0 Å². The van der Waals surface area contributed by atoms with Crippen molar-refractivity contribution >= 4 is 0 Å². The van der Waals surface area contributed by atoms with Gasteiger partial charge in [-0.25, -0.2) is 0 Å². The average Bonchev–Trinajstić information content (AvgIpc) is 2.16. The normalized spacial score (nSPS) is 15.6. The van der Waals surface area contributed by atoms with Crippen LogP contribution in [0.5, 0.6) is 0 Å². The van der Waals surface area contributed by atoms with Crippen LogP contribution in [0.1, 0.15) is 66.2 Å². The van der Waals surface area contributed by atoms with Crippen LogP contribution in [-0.4, -0.2) is 23.3 Å². The molecule has 0 heterocycles. The van der Waals surface area contributed by atoms with Crippen LogP contribution in [0.2, 0.25) is 0 Å². The summed E-state index contributed by atoms with van der Waals surface area (Å²) >= 11 is 0. The van der Waals surface area contributed by atoms with Crippen LogP contribution in [0.25, 0.3) is 0 Å². The SMILES string of the molecule is CCCCCCCC(C)(CO)NC(C)C. The topological polar surface area (TPSA) is 32.3 Å². The molecule has 0 saturated heterocycles. The Bertz CT molecular complexity index is 147. The number of nitrogens with one attached hydrogen (secondary N) is 1. The van der Waals surface area contributed by atoms with E-state index in [2.05, 4.69) is 33.0 Å². The van der Waals surface area contributed by atoms with Gasteiger partial charge in [-0.15, -0.1) is 0 Å². The zero-order valence-corrected chi connectivity index (χ0v) is 11.0. The minimum atomic E-state index is -0.0830. The molecule has 1 unspecified atom stereocenters. The molecule has 0 radical (unpaired) electrons. The highest BCUT2D eigenvalue weighted by molar-refractivity contribution is 4.83. The molecule has 0 spiro atoms. The van der Waals surface area contributed by atoms with E-state index in [1.165, 1.54) is 32.1 Å². The third-order valence-electron chi connectivity index (χ3n) is 2.82. The molecular weight excluding hydrogens is 186 g/mol. The van der Waals surface area contributed by atoms with Gasteiger partial charge in [0, 0.05) is 11.6 Å². The molecule has 0 aliphatic carbocycles. The van der Waals surface area contributed by atoms with Gasteiger partial charge in [0.25, 0.3) is 0 Å². The molecule has 0 rings (SSSR count). The van der Waals surface area contributed by atoms with E-state index in [-0.39, 0.29) is 12.1 Å². The third kappa shape index (κ3) is 7.80. The average molecular weight is 215 g/mol. The Morgan fingerprint density at radius 1 is 1.13 bits per heavy atom. The first-order valence-electron chi connectivity index (χ1n) is 6.42. The maximum atomic E-state index is 9.37. The van der Waals surface area contributed by atoms with Crippen molar-refractivity contribution in [1.82, 2.24) is 5.32 Å². The molecule has 0 fully saturated rings. The molecule has 0 aromatic rings. The van der Waals surface area contributed by atoms with E-state index in [9.17, 15) is 5.11 Å².